The number of aryl methyl sites for hydroxylation is 5. The van der Waals surface area contributed by atoms with Crippen LogP contribution in [0.2, 0.25) is 0 Å². The lowest BCUT2D eigenvalue weighted by Gasteiger charge is -2.19. The molecule has 22 nitrogen and oxygen atoms in total. The van der Waals surface area contributed by atoms with E-state index in [1.807, 2.05) is 159 Å². The van der Waals surface area contributed by atoms with E-state index in [1.165, 1.54) is 35.5 Å². The summed E-state index contributed by atoms with van der Waals surface area (Å²) in [5.41, 5.74) is 16.5. The number of nitrogens with two attached hydrogens (primary N) is 1. The van der Waals surface area contributed by atoms with Crippen LogP contribution in [0.4, 0.5) is 4.79 Å². The van der Waals surface area contributed by atoms with E-state index < -0.39 is 23.6 Å². The lowest BCUT2D eigenvalue weighted by Crippen LogP contribution is -2.32. The van der Waals surface area contributed by atoms with Gasteiger partial charge in [0.15, 0.2) is 0 Å². The maximum Gasteiger partial charge on any atom is 0.407 e. The van der Waals surface area contributed by atoms with Crippen molar-refractivity contribution in [1.82, 2.24) is 5.32 Å². The molecule has 0 aliphatic heterocycles. The van der Waals surface area contributed by atoms with E-state index in [0.717, 1.165) is 73.4 Å². The predicted molar refractivity (Wildman–Crippen MR) is 426 cm³/mol. The highest BCUT2D eigenvalue weighted by Gasteiger charge is 2.18. The SMILES string of the molecule is C=CCc1cc(CCC(=O)OC)ccc1O.C=CCc1cc(CCC(=O)OC)ccc1OCc1ccccc1.CC.COC(=O)CCc1ccc(O)c(CNC(=O)OC(C)(C)C)c1.COC(=O)CCc1ccc(OCc2ccccc2)c(CC(=O)O)c1.COC(=O)CCc1ccc(OCc2ccccc2)c(CC(N)=O)c1. The molecule has 8 rings (SSSR count). The Hall–Kier alpha value is -12.2. The van der Waals surface area contributed by atoms with Gasteiger partial charge in [-0.3, -0.25) is 33.6 Å². The zero-order valence-corrected chi connectivity index (χ0v) is 65.5. The van der Waals surface area contributed by atoms with Crippen molar-refractivity contribution in [2.75, 3.05) is 35.5 Å². The highest BCUT2D eigenvalue weighted by Crippen LogP contribution is 2.28. The number of rotatable bonds is 34. The molecule has 2 amide bonds. The molecule has 0 radical (unpaired) electrons. The largest absolute Gasteiger partial charge is 0.508 e. The number of phenols is 2. The number of primary amides is 1. The number of alkyl carbamates (subject to hydrolysis) is 1. The monoisotopic (exact) mass is 1520 g/mol. The fraction of sp³-hybridized carbons (Fsp3) is 0.326. The van der Waals surface area contributed by atoms with Crippen molar-refractivity contribution < 1.29 is 96.3 Å². The summed E-state index contributed by atoms with van der Waals surface area (Å²) in [6.07, 6.45) is 8.74. The lowest BCUT2D eigenvalue weighted by molar-refractivity contribution is -0.141. The van der Waals surface area contributed by atoms with Crippen molar-refractivity contribution >= 4 is 47.8 Å². The molecule has 0 saturated carbocycles. The smallest absolute Gasteiger partial charge is 0.407 e. The molecule has 22 heteroatoms. The number of aliphatic carboxylic acids is 1. The first kappa shape index (κ1) is 93.0. The number of carboxylic acid groups (broad SMARTS) is 1. The summed E-state index contributed by atoms with van der Waals surface area (Å²) in [7, 11) is 6.84. The quantitative estimate of drug-likeness (QED) is 0.0142. The minimum Gasteiger partial charge on any atom is -0.508 e. The van der Waals surface area contributed by atoms with Crippen LogP contribution in [0.25, 0.3) is 0 Å². The van der Waals surface area contributed by atoms with Crippen molar-refractivity contribution in [3.8, 4) is 28.7 Å². The van der Waals surface area contributed by atoms with Crippen LogP contribution in [-0.2, 0) is 146 Å². The summed E-state index contributed by atoms with van der Waals surface area (Å²) in [5, 5.41) is 31.1. The Kier molecular flexibility index (Phi) is 44.2. The number of benzene rings is 8. The van der Waals surface area contributed by atoms with Gasteiger partial charge in [0, 0.05) is 55.3 Å². The molecule has 0 aliphatic carbocycles. The molecule has 111 heavy (non-hydrogen) atoms. The van der Waals surface area contributed by atoms with Crippen molar-refractivity contribution in [2.24, 2.45) is 5.73 Å². The molecule has 0 aliphatic rings. The van der Waals surface area contributed by atoms with E-state index in [1.54, 1.807) is 63.2 Å². The number of ether oxygens (including phenoxy) is 9. The number of methoxy groups -OCH3 is 5. The van der Waals surface area contributed by atoms with Crippen LogP contribution in [0.15, 0.2) is 207 Å². The summed E-state index contributed by atoms with van der Waals surface area (Å²) in [6.45, 7) is 18.2. The molecule has 6 N–H and O–H groups in total. The van der Waals surface area contributed by atoms with Gasteiger partial charge in [-0.05, 0) is 152 Å². The molecule has 8 aromatic rings. The average molecular weight is 1530 g/mol. The molecule has 0 unspecified atom stereocenters. The van der Waals surface area contributed by atoms with Crippen LogP contribution in [0, 0.1) is 0 Å². The van der Waals surface area contributed by atoms with Gasteiger partial charge in [0.1, 0.15) is 54.2 Å². The first-order chi connectivity index (χ1) is 53.3. The third kappa shape index (κ3) is 39.5. The Labute approximate surface area is 652 Å². The molecular weight excluding hydrogens is 1420 g/mol. The minimum atomic E-state index is -0.926. The van der Waals surface area contributed by atoms with Crippen LogP contribution < -0.4 is 25.3 Å². The molecule has 0 heterocycles. The first-order valence-corrected chi connectivity index (χ1v) is 36.3. The van der Waals surface area contributed by atoms with Gasteiger partial charge in [0.05, 0.1) is 48.4 Å². The molecule has 0 fully saturated rings. The zero-order valence-electron chi connectivity index (χ0n) is 65.5. The van der Waals surface area contributed by atoms with Gasteiger partial charge in [-0.15, -0.1) is 13.2 Å². The van der Waals surface area contributed by atoms with Crippen LogP contribution in [0.5, 0.6) is 28.7 Å². The van der Waals surface area contributed by atoms with Gasteiger partial charge in [0.2, 0.25) is 5.91 Å². The number of carboxylic acids is 1. The second-order valence-corrected chi connectivity index (χ2v) is 25.5. The van der Waals surface area contributed by atoms with Crippen molar-refractivity contribution in [2.45, 2.75) is 156 Å². The Balaban J connectivity index is 0.000000359. The number of amides is 2. The van der Waals surface area contributed by atoms with Crippen LogP contribution in [-0.4, -0.2) is 104 Å². The fourth-order valence-corrected chi connectivity index (χ4v) is 10.2. The third-order valence-corrected chi connectivity index (χ3v) is 15.9. The van der Waals surface area contributed by atoms with Gasteiger partial charge in [-0.1, -0.05) is 178 Å². The summed E-state index contributed by atoms with van der Waals surface area (Å²) >= 11 is 0. The number of nitrogens with one attached hydrogen (secondary N) is 1. The maximum atomic E-state index is 11.6. The number of aromatic hydroxyl groups is 2. The third-order valence-electron chi connectivity index (χ3n) is 15.9. The summed E-state index contributed by atoms with van der Waals surface area (Å²) < 4.78 is 45.8. The van der Waals surface area contributed by atoms with Crippen molar-refractivity contribution in [3.05, 3.63) is 280 Å². The highest BCUT2D eigenvalue weighted by atomic mass is 16.6. The van der Waals surface area contributed by atoms with Gasteiger partial charge >= 0.3 is 41.9 Å². The molecule has 0 saturated heterocycles. The summed E-state index contributed by atoms with van der Waals surface area (Å²) in [6, 6.07) is 56.8. The van der Waals surface area contributed by atoms with Gasteiger partial charge in [0.25, 0.3) is 0 Å². The zero-order chi connectivity index (χ0) is 81.9. The van der Waals surface area contributed by atoms with Crippen LogP contribution in [0.1, 0.15) is 139 Å². The molecule has 0 aromatic heterocycles. The molecule has 0 bridgehead atoms. The second-order valence-electron chi connectivity index (χ2n) is 25.5. The number of phenolic OH excluding ortho intramolecular Hbond substituents is 2. The highest BCUT2D eigenvalue weighted by molar-refractivity contribution is 5.78. The lowest BCUT2D eigenvalue weighted by atomic mass is 10.0. The Morgan fingerprint density at radius 2 is 0.685 bits per heavy atom. The van der Waals surface area contributed by atoms with E-state index >= 15 is 0 Å². The Morgan fingerprint density at radius 1 is 0.396 bits per heavy atom. The molecule has 0 spiro atoms. The first-order valence-electron chi connectivity index (χ1n) is 36.3. The molecule has 594 valence electrons. The van der Waals surface area contributed by atoms with E-state index in [2.05, 4.69) is 48.2 Å². The van der Waals surface area contributed by atoms with E-state index in [0.29, 0.717) is 93.8 Å². The Bertz CT molecular complexity index is 4070. The van der Waals surface area contributed by atoms with Crippen LogP contribution >= 0.6 is 0 Å². The summed E-state index contributed by atoms with van der Waals surface area (Å²) in [5.74, 6) is -0.248. The topological polar surface area (TPSA) is 318 Å². The normalized spacial score (nSPS) is 10.1. The predicted octanol–water partition coefficient (Wildman–Crippen LogP) is 15.3. The Morgan fingerprint density at radius 3 is 1.00 bits per heavy atom. The fourth-order valence-electron chi connectivity index (χ4n) is 10.2. The van der Waals surface area contributed by atoms with Crippen molar-refractivity contribution in [1.29, 1.82) is 0 Å². The van der Waals surface area contributed by atoms with Gasteiger partial charge in [-0.25, -0.2) is 4.79 Å². The number of hydrogen-bond donors (Lipinski definition) is 5. The molecule has 8 aromatic carbocycles. The number of allylic oxidation sites excluding steroid dienone is 2. The van der Waals surface area contributed by atoms with Gasteiger partial charge in [-0.2, -0.15) is 0 Å². The van der Waals surface area contributed by atoms with Crippen molar-refractivity contribution in [3.63, 3.8) is 0 Å². The standard InChI is InChI=1S/C20H22O3.C19H21NO4.C19H20O5.C16H23NO5.C13H16O3.C2H6/c1-3-7-18-14-16(11-13-20(21)22-2)10-12-19(18)23-15-17-8-5-4-6-9-17;2*1-23-19(22)10-8-14-7-9-17(16(11-14)12-18(20)21)24-13-15-5-3-2-4-6-15;1-16(2,3)22-15(20)17-10-12-9-11(5-7-13(12)18)6-8-14(19)21-4;1-3-4-11-9-10(5-7-12(11)14)6-8-13(15)16-2;1-2/h3-6,8-10,12,14H,1,7,11,13,15H2,2H3;2-7,9,11H,8,10,12-13H2,1H3,(H2,20,21);2-7,9,11H,8,10,12-13H2,1H3,(H,20,21);5,7,9,18H,6,8,10H2,1-4H3,(H,17,20);3,5,7,9,14H,1,4,6,8H2,2H3;1-2H3. The maximum absolute atomic E-state index is 11.6. The summed E-state index contributed by atoms with van der Waals surface area (Å²) in [4.78, 5) is 89.9. The van der Waals surface area contributed by atoms with E-state index in [-0.39, 0.29) is 80.0 Å². The second kappa shape index (κ2) is 52.8. The number of carbonyl (C=O) groups is 8. The van der Waals surface area contributed by atoms with E-state index in [4.69, 9.17) is 29.8 Å². The minimum absolute atomic E-state index is 0.0814. The molecule has 0 atom stereocenters. The number of carbonyl (C=O) groups excluding carboxylic acids is 7. The van der Waals surface area contributed by atoms with Gasteiger partial charge < -0.3 is 69.0 Å². The van der Waals surface area contributed by atoms with Crippen LogP contribution in [0.3, 0.4) is 0 Å². The number of hydrogen-bond acceptors (Lipinski definition) is 19. The molecular formula is C89H108N2O20. The number of esters is 5. The average Bonchev–Trinajstić information content (AvgIpc) is 0.861. The van der Waals surface area contributed by atoms with E-state index in [9.17, 15) is 48.6 Å².